The molecule has 3 unspecified atom stereocenters. The highest BCUT2D eigenvalue weighted by Crippen LogP contribution is 2.48. The number of rotatable bonds is 4. The fourth-order valence-corrected chi connectivity index (χ4v) is 4.12. The molecule has 2 N–H and O–H groups in total. The first kappa shape index (κ1) is 12.7. The van der Waals surface area contributed by atoms with Gasteiger partial charge in [-0.1, -0.05) is 13.3 Å². The third kappa shape index (κ3) is 2.28. The number of nitrogen functional groups attached to an aromatic ring is 1. The van der Waals surface area contributed by atoms with Gasteiger partial charge in [0, 0.05) is 19.2 Å². The zero-order chi connectivity index (χ0) is 13.4. The van der Waals surface area contributed by atoms with E-state index in [1.165, 1.54) is 25.7 Å². The number of aromatic nitrogens is 2. The van der Waals surface area contributed by atoms with Crippen LogP contribution in [0.2, 0.25) is 0 Å². The highest BCUT2D eigenvalue weighted by molar-refractivity contribution is 5.56. The molecule has 4 nitrogen and oxygen atoms in total. The van der Waals surface area contributed by atoms with Crippen LogP contribution in [0, 0.1) is 17.8 Å². The molecule has 2 saturated carbocycles. The van der Waals surface area contributed by atoms with Gasteiger partial charge in [0.2, 0.25) is 0 Å². The van der Waals surface area contributed by atoms with Gasteiger partial charge in [0.1, 0.15) is 18.0 Å². The number of anilines is 2. The van der Waals surface area contributed by atoms with Crippen LogP contribution in [-0.4, -0.2) is 23.6 Å². The zero-order valence-corrected chi connectivity index (χ0v) is 12.0. The van der Waals surface area contributed by atoms with Gasteiger partial charge >= 0.3 is 0 Å². The Hall–Kier alpha value is -1.32. The number of hydrogen-bond donors (Lipinski definition) is 1. The van der Waals surface area contributed by atoms with E-state index in [9.17, 15) is 0 Å². The Kier molecular flexibility index (Phi) is 3.33. The van der Waals surface area contributed by atoms with Crippen molar-refractivity contribution in [3.8, 4) is 0 Å². The number of nitrogens with two attached hydrogens (primary N) is 1. The predicted molar refractivity (Wildman–Crippen MR) is 78.0 cm³/mol. The van der Waals surface area contributed by atoms with E-state index in [4.69, 9.17) is 5.73 Å². The SMILES string of the molecule is CCc1c(N)ncnc1N(C)CC1CC2CCC1C2. The van der Waals surface area contributed by atoms with Crippen LogP contribution in [0.5, 0.6) is 0 Å². The second-order valence-electron chi connectivity index (χ2n) is 6.23. The van der Waals surface area contributed by atoms with Gasteiger partial charge in [-0.15, -0.1) is 0 Å². The lowest BCUT2D eigenvalue weighted by molar-refractivity contribution is 0.337. The Labute approximate surface area is 115 Å². The largest absolute Gasteiger partial charge is 0.383 e. The van der Waals surface area contributed by atoms with Gasteiger partial charge in [-0.2, -0.15) is 0 Å². The van der Waals surface area contributed by atoms with Crippen molar-refractivity contribution < 1.29 is 0 Å². The molecular weight excluding hydrogens is 236 g/mol. The second-order valence-corrected chi connectivity index (χ2v) is 6.23. The quantitative estimate of drug-likeness (QED) is 0.903. The molecule has 4 heteroatoms. The van der Waals surface area contributed by atoms with Crippen LogP contribution >= 0.6 is 0 Å². The first-order valence-corrected chi connectivity index (χ1v) is 7.49. The molecule has 1 aromatic rings. The lowest BCUT2D eigenvalue weighted by atomic mass is 9.88. The molecular formula is C15H24N4. The van der Waals surface area contributed by atoms with Gasteiger partial charge in [0.05, 0.1) is 0 Å². The fraction of sp³-hybridized carbons (Fsp3) is 0.733. The third-order valence-corrected chi connectivity index (χ3v) is 5.06. The molecule has 0 amide bonds. The highest BCUT2D eigenvalue weighted by Gasteiger charge is 2.39. The summed E-state index contributed by atoms with van der Waals surface area (Å²) in [6.07, 6.45) is 8.26. The van der Waals surface area contributed by atoms with Crippen molar-refractivity contribution in [1.29, 1.82) is 0 Å². The molecule has 19 heavy (non-hydrogen) atoms. The minimum absolute atomic E-state index is 0.632. The summed E-state index contributed by atoms with van der Waals surface area (Å²) in [5, 5.41) is 0. The van der Waals surface area contributed by atoms with Crippen molar-refractivity contribution in [2.45, 2.75) is 39.0 Å². The Balaban J connectivity index is 1.73. The smallest absolute Gasteiger partial charge is 0.137 e. The Morgan fingerprint density at radius 2 is 2.16 bits per heavy atom. The van der Waals surface area contributed by atoms with Crippen molar-refractivity contribution in [1.82, 2.24) is 9.97 Å². The molecule has 0 spiro atoms. The molecule has 1 heterocycles. The molecule has 0 radical (unpaired) electrons. The minimum atomic E-state index is 0.632. The van der Waals surface area contributed by atoms with Crippen LogP contribution in [0.4, 0.5) is 11.6 Å². The lowest BCUT2D eigenvalue weighted by Gasteiger charge is -2.29. The first-order chi connectivity index (χ1) is 9.19. The summed E-state index contributed by atoms with van der Waals surface area (Å²) in [5.74, 6) is 4.47. The monoisotopic (exact) mass is 260 g/mol. The predicted octanol–water partition coefficient (Wildman–Crippen LogP) is 2.49. The molecule has 1 aromatic heterocycles. The molecule has 104 valence electrons. The summed E-state index contributed by atoms with van der Waals surface area (Å²) in [6, 6.07) is 0. The summed E-state index contributed by atoms with van der Waals surface area (Å²) in [7, 11) is 2.15. The zero-order valence-electron chi connectivity index (χ0n) is 12.0. The van der Waals surface area contributed by atoms with Gasteiger partial charge < -0.3 is 10.6 Å². The molecule has 2 aliphatic carbocycles. The highest BCUT2D eigenvalue weighted by atomic mass is 15.2. The molecule has 3 atom stereocenters. The molecule has 2 fully saturated rings. The van der Waals surface area contributed by atoms with Crippen molar-refractivity contribution in [3.63, 3.8) is 0 Å². The van der Waals surface area contributed by atoms with E-state index in [0.29, 0.717) is 5.82 Å². The molecule has 0 saturated heterocycles. The van der Waals surface area contributed by atoms with Crippen molar-refractivity contribution in [2.75, 3.05) is 24.2 Å². The van der Waals surface area contributed by atoms with Gasteiger partial charge in [0.25, 0.3) is 0 Å². The van der Waals surface area contributed by atoms with E-state index in [0.717, 1.165) is 42.1 Å². The van der Waals surface area contributed by atoms with Crippen LogP contribution in [0.15, 0.2) is 6.33 Å². The van der Waals surface area contributed by atoms with E-state index in [1.807, 2.05) is 0 Å². The van der Waals surface area contributed by atoms with Gasteiger partial charge in [0.15, 0.2) is 0 Å². The van der Waals surface area contributed by atoms with E-state index in [-0.39, 0.29) is 0 Å². The standard InChI is InChI=1S/C15H24N4/c1-3-13-14(16)17-9-18-15(13)19(2)8-12-7-10-4-5-11(12)6-10/h9-12H,3-8H2,1-2H3,(H2,16,17,18). The average molecular weight is 260 g/mol. The van der Waals surface area contributed by atoms with Gasteiger partial charge in [-0.25, -0.2) is 9.97 Å². The van der Waals surface area contributed by atoms with Crippen LogP contribution in [0.3, 0.4) is 0 Å². The Morgan fingerprint density at radius 1 is 1.32 bits per heavy atom. The first-order valence-electron chi connectivity index (χ1n) is 7.49. The van der Waals surface area contributed by atoms with Crippen LogP contribution in [0.25, 0.3) is 0 Å². The second kappa shape index (κ2) is 4.99. The van der Waals surface area contributed by atoms with Crippen molar-refractivity contribution >= 4 is 11.6 Å². The lowest BCUT2D eigenvalue weighted by Crippen LogP contribution is -2.30. The van der Waals surface area contributed by atoms with Crippen molar-refractivity contribution in [2.24, 2.45) is 17.8 Å². The maximum atomic E-state index is 5.96. The summed E-state index contributed by atoms with van der Waals surface area (Å²) >= 11 is 0. The average Bonchev–Trinajstić information content (AvgIpc) is 3.00. The third-order valence-electron chi connectivity index (χ3n) is 5.06. The Bertz CT molecular complexity index is 459. The Morgan fingerprint density at radius 3 is 2.79 bits per heavy atom. The number of fused-ring (bicyclic) bond motifs is 2. The van der Waals surface area contributed by atoms with E-state index in [1.54, 1.807) is 6.33 Å². The normalized spacial score (nSPS) is 28.8. The summed E-state index contributed by atoms with van der Waals surface area (Å²) in [5.41, 5.74) is 7.05. The summed E-state index contributed by atoms with van der Waals surface area (Å²) in [4.78, 5) is 10.8. The summed E-state index contributed by atoms with van der Waals surface area (Å²) in [6.45, 7) is 3.23. The van der Waals surface area contributed by atoms with E-state index >= 15 is 0 Å². The van der Waals surface area contributed by atoms with Gasteiger partial charge in [-0.05, 0) is 43.4 Å². The topological polar surface area (TPSA) is 55.0 Å². The van der Waals surface area contributed by atoms with Crippen LogP contribution in [-0.2, 0) is 6.42 Å². The number of nitrogens with zero attached hydrogens (tertiary/aromatic N) is 3. The molecule has 3 rings (SSSR count). The molecule has 2 aliphatic rings. The maximum Gasteiger partial charge on any atom is 0.137 e. The molecule has 2 bridgehead atoms. The molecule has 0 aliphatic heterocycles. The van der Waals surface area contributed by atoms with E-state index in [2.05, 4.69) is 28.8 Å². The number of hydrogen-bond acceptors (Lipinski definition) is 4. The fourth-order valence-electron chi connectivity index (χ4n) is 4.12. The summed E-state index contributed by atoms with van der Waals surface area (Å²) < 4.78 is 0. The van der Waals surface area contributed by atoms with E-state index < -0.39 is 0 Å². The van der Waals surface area contributed by atoms with Crippen LogP contribution in [0.1, 0.15) is 38.2 Å². The van der Waals surface area contributed by atoms with Gasteiger partial charge in [-0.3, -0.25) is 0 Å². The minimum Gasteiger partial charge on any atom is -0.383 e. The van der Waals surface area contributed by atoms with Crippen LogP contribution < -0.4 is 10.6 Å². The molecule has 0 aromatic carbocycles. The van der Waals surface area contributed by atoms with Crippen molar-refractivity contribution in [3.05, 3.63) is 11.9 Å². The maximum absolute atomic E-state index is 5.96.